The van der Waals surface area contributed by atoms with Gasteiger partial charge in [-0.05, 0) is 48.2 Å². The quantitative estimate of drug-likeness (QED) is 0.657. The second kappa shape index (κ2) is 6.77. The summed E-state index contributed by atoms with van der Waals surface area (Å²) >= 11 is 0. The molecule has 2 aliphatic heterocycles. The number of H-pyrrole nitrogens is 1. The maximum absolute atomic E-state index is 13.0. The van der Waals surface area contributed by atoms with Crippen LogP contribution in [0.4, 0.5) is 13.2 Å². The molecular weight excluding hydrogens is 397 g/mol. The van der Waals surface area contributed by atoms with Gasteiger partial charge in [0.25, 0.3) is 5.91 Å². The third kappa shape index (κ3) is 3.31. The second-order valence-electron chi connectivity index (χ2n) is 7.71. The molecule has 3 aromatic rings. The molecule has 1 spiro atoms. The molecule has 1 fully saturated rings. The van der Waals surface area contributed by atoms with E-state index in [0.717, 1.165) is 0 Å². The van der Waals surface area contributed by atoms with Gasteiger partial charge >= 0.3 is 6.36 Å². The minimum Gasteiger partial charge on any atom is -0.406 e. The Bertz CT molecular complexity index is 1110. The number of likely N-dealkylation sites (tertiary alicyclic amines) is 1. The summed E-state index contributed by atoms with van der Waals surface area (Å²) in [6.07, 6.45) is -3.34. The number of benzene rings is 2. The third-order valence-electron chi connectivity index (χ3n) is 5.93. The van der Waals surface area contributed by atoms with E-state index in [-0.39, 0.29) is 17.3 Å². The van der Waals surface area contributed by atoms with Gasteiger partial charge in [-0.25, -0.2) is 0 Å². The zero-order valence-corrected chi connectivity index (χ0v) is 16.0. The molecule has 1 amide bonds. The molecule has 0 unspecified atom stereocenters. The number of halogens is 3. The first-order valence-electron chi connectivity index (χ1n) is 9.73. The summed E-state index contributed by atoms with van der Waals surface area (Å²) in [6.45, 7) is 1.68. The Morgan fingerprint density at radius 3 is 2.63 bits per heavy atom. The number of hydrogen-bond donors (Lipinski definition) is 1. The molecule has 2 aliphatic rings. The standard InChI is InChI=1S/C22H19F3N2O3/c23-22(24,25)30-16-5-6-18-15(11-16)12-19(26-18)20(28)27-9-7-21(8-10-27)17-4-2-1-3-14(17)13-29-21/h1-6,11-12,26H,7-10,13H2. The van der Waals surface area contributed by atoms with E-state index in [9.17, 15) is 18.0 Å². The van der Waals surface area contributed by atoms with Crippen molar-refractivity contribution in [1.29, 1.82) is 0 Å². The summed E-state index contributed by atoms with van der Waals surface area (Å²) in [5.41, 5.74) is 2.99. The highest BCUT2D eigenvalue weighted by Gasteiger charge is 2.43. The largest absolute Gasteiger partial charge is 0.573 e. The number of alkyl halides is 3. The number of rotatable bonds is 2. The topological polar surface area (TPSA) is 54.6 Å². The zero-order chi connectivity index (χ0) is 20.9. The minimum atomic E-state index is -4.76. The van der Waals surface area contributed by atoms with E-state index in [4.69, 9.17) is 4.74 Å². The van der Waals surface area contributed by atoms with E-state index >= 15 is 0 Å². The molecule has 1 saturated heterocycles. The fourth-order valence-electron chi connectivity index (χ4n) is 4.46. The summed E-state index contributed by atoms with van der Waals surface area (Å²) < 4.78 is 47.4. The SMILES string of the molecule is O=C(c1cc2cc(OC(F)(F)F)ccc2[nH]1)N1CCC2(CC1)OCc1ccccc12. The van der Waals surface area contributed by atoms with Gasteiger partial charge in [0.2, 0.25) is 0 Å². The van der Waals surface area contributed by atoms with Gasteiger partial charge < -0.3 is 19.4 Å². The molecule has 5 nitrogen and oxygen atoms in total. The van der Waals surface area contributed by atoms with Crippen molar-refractivity contribution in [3.63, 3.8) is 0 Å². The number of fused-ring (bicyclic) bond motifs is 3. The molecule has 3 heterocycles. The molecule has 0 atom stereocenters. The summed E-state index contributed by atoms with van der Waals surface area (Å²) in [5, 5.41) is 0.488. The molecule has 0 aliphatic carbocycles. The third-order valence-corrected chi connectivity index (χ3v) is 5.93. The van der Waals surface area contributed by atoms with Crippen molar-refractivity contribution in [2.45, 2.75) is 31.4 Å². The predicted octanol–water partition coefficient (Wildman–Crippen LogP) is 4.73. The summed E-state index contributed by atoms with van der Waals surface area (Å²) in [6, 6.07) is 13.7. The van der Waals surface area contributed by atoms with Crippen LogP contribution in [0.2, 0.25) is 0 Å². The first kappa shape index (κ1) is 19.0. The molecule has 8 heteroatoms. The van der Waals surface area contributed by atoms with E-state index in [0.29, 0.717) is 49.1 Å². The number of carbonyl (C=O) groups is 1. The van der Waals surface area contributed by atoms with Crippen molar-refractivity contribution >= 4 is 16.8 Å². The van der Waals surface area contributed by atoms with Gasteiger partial charge in [0.05, 0.1) is 12.2 Å². The van der Waals surface area contributed by atoms with Crippen LogP contribution in [0, 0.1) is 0 Å². The second-order valence-corrected chi connectivity index (χ2v) is 7.71. The molecule has 156 valence electrons. The Balaban J connectivity index is 1.32. The van der Waals surface area contributed by atoms with Crippen LogP contribution in [0.1, 0.15) is 34.5 Å². The van der Waals surface area contributed by atoms with Crippen molar-refractivity contribution in [1.82, 2.24) is 9.88 Å². The lowest BCUT2D eigenvalue weighted by Gasteiger charge is -2.39. The fourth-order valence-corrected chi connectivity index (χ4v) is 4.46. The van der Waals surface area contributed by atoms with Gasteiger partial charge in [-0.15, -0.1) is 13.2 Å². The van der Waals surface area contributed by atoms with Crippen LogP contribution < -0.4 is 4.74 Å². The highest BCUT2D eigenvalue weighted by molar-refractivity contribution is 5.98. The van der Waals surface area contributed by atoms with Crippen LogP contribution in [-0.2, 0) is 16.9 Å². The summed E-state index contributed by atoms with van der Waals surface area (Å²) in [4.78, 5) is 17.7. The summed E-state index contributed by atoms with van der Waals surface area (Å²) in [5.74, 6) is -0.490. The molecule has 1 N–H and O–H groups in total. The Morgan fingerprint density at radius 2 is 1.87 bits per heavy atom. The first-order valence-corrected chi connectivity index (χ1v) is 9.73. The first-order chi connectivity index (χ1) is 14.3. The predicted molar refractivity (Wildman–Crippen MR) is 103 cm³/mol. The van der Waals surface area contributed by atoms with E-state index in [1.165, 1.54) is 29.3 Å². The van der Waals surface area contributed by atoms with Crippen LogP contribution in [0.5, 0.6) is 5.75 Å². The van der Waals surface area contributed by atoms with Crippen molar-refractivity contribution in [2.75, 3.05) is 13.1 Å². The molecule has 0 bridgehead atoms. The number of ether oxygens (including phenoxy) is 2. The zero-order valence-electron chi connectivity index (χ0n) is 16.0. The number of amides is 1. The average Bonchev–Trinajstić information content (AvgIpc) is 3.29. The number of hydrogen-bond acceptors (Lipinski definition) is 3. The van der Waals surface area contributed by atoms with Crippen molar-refractivity contribution in [3.8, 4) is 5.75 Å². The van der Waals surface area contributed by atoms with Crippen molar-refractivity contribution in [2.24, 2.45) is 0 Å². The van der Waals surface area contributed by atoms with E-state index in [1.807, 2.05) is 12.1 Å². The molecule has 0 radical (unpaired) electrons. The van der Waals surface area contributed by atoms with Crippen LogP contribution in [0.3, 0.4) is 0 Å². The smallest absolute Gasteiger partial charge is 0.406 e. The van der Waals surface area contributed by atoms with E-state index in [1.54, 1.807) is 11.0 Å². The molecule has 1 aromatic heterocycles. The van der Waals surface area contributed by atoms with Crippen molar-refractivity contribution < 1.29 is 27.4 Å². The number of aromatic nitrogens is 1. The molecule has 2 aromatic carbocycles. The number of nitrogens with one attached hydrogen (secondary N) is 1. The lowest BCUT2D eigenvalue weighted by molar-refractivity contribution is -0.274. The maximum Gasteiger partial charge on any atom is 0.573 e. The van der Waals surface area contributed by atoms with Gasteiger partial charge in [0, 0.05) is 24.0 Å². The Labute approximate surface area is 170 Å². The maximum atomic E-state index is 13.0. The number of piperidine rings is 1. The Hall–Kier alpha value is -3.00. The van der Waals surface area contributed by atoms with Crippen LogP contribution in [0.25, 0.3) is 10.9 Å². The van der Waals surface area contributed by atoms with Gasteiger partial charge in [0.1, 0.15) is 11.4 Å². The number of carbonyl (C=O) groups excluding carboxylic acids is 1. The van der Waals surface area contributed by atoms with Crippen LogP contribution >= 0.6 is 0 Å². The highest BCUT2D eigenvalue weighted by atomic mass is 19.4. The van der Waals surface area contributed by atoms with Crippen LogP contribution in [-0.4, -0.2) is 35.2 Å². The Morgan fingerprint density at radius 1 is 1.10 bits per heavy atom. The van der Waals surface area contributed by atoms with Crippen molar-refractivity contribution in [3.05, 3.63) is 65.4 Å². The van der Waals surface area contributed by atoms with Gasteiger partial charge in [0.15, 0.2) is 0 Å². The van der Waals surface area contributed by atoms with Crippen LogP contribution in [0.15, 0.2) is 48.5 Å². The minimum absolute atomic E-state index is 0.175. The molecule has 30 heavy (non-hydrogen) atoms. The fraction of sp³-hybridized carbons (Fsp3) is 0.318. The molecule has 0 saturated carbocycles. The van der Waals surface area contributed by atoms with Gasteiger partial charge in [-0.3, -0.25) is 4.79 Å². The lowest BCUT2D eigenvalue weighted by Crippen LogP contribution is -2.45. The molecular formula is C22H19F3N2O3. The van der Waals surface area contributed by atoms with E-state index < -0.39 is 6.36 Å². The number of nitrogens with zero attached hydrogens (tertiary/aromatic N) is 1. The summed E-state index contributed by atoms with van der Waals surface area (Å²) in [7, 11) is 0. The average molecular weight is 416 g/mol. The highest BCUT2D eigenvalue weighted by Crippen LogP contribution is 2.44. The van der Waals surface area contributed by atoms with Gasteiger partial charge in [-0.1, -0.05) is 24.3 Å². The van der Waals surface area contributed by atoms with Gasteiger partial charge in [-0.2, -0.15) is 0 Å². The lowest BCUT2D eigenvalue weighted by atomic mass is 9.84. The number of aromatic amines is 1. The normalized spacial score (nSPS) is 18.0. The van der Waals surface area contributed by atoms with E-state index in [2.05, 4.69) is 21.9 Å². The Kier molecular flexibility index (Phi) is 4.28. The molecule has 5 rings (SSSR count). The monoisotopic (exact) mass is 416 g/mol.